The maximum absolute atomic E-state index is 14.1. The highest BCUT2D eigenvalue weighted by Crippen LogP contribution is 2.46. The van der Waals surface area contributed by atoms with Crippen LogP contribution in [-0.2, 0) is 0 Å². The summed E-state index contributed by atoms with van der Waals surface area (Å²) in [6.07, 6.45) is 0. The molecule has 1 aliphatic rings. The lowest BCUT2D eigenvalue weighted by Gasteiger charge is -2.13. The van der Waals surface area contributed by atoms with Crippen LogP contribution in [0.4, 0.5) is 0 Å². The van der Waals surface area contributed by atoms with Gasteiger partial charge in [-0.2, -0.15) is 0 Å². The van der Waals surface area contributed by atoms with Gasteiger partial charge < -0.3 is 0 Å². The van der Waals surface area contributed by atoms with Crippen LogP contribution < -0.4 is 0 Å². The molecule has 0 fully saturated rings. The Balaban J connectivity index is 1.68. The van der Waals surface area contributed by atoms with Gasteiger partial charge in [0.15, 0.2) is 17.3 Å². The van der Waals surface area contributed by atoms with Crippen molar-refractivity contribution >= 4 is 39.3 Å². The van der Waals surface area contributed by atoms with E-state index >= 15 is 0 Å². The maximum Gasteiger partial charge on any atom is 0.194 e. The van der Waals surface area contributed by atoms with Crippen molar-refractivity contribution in [1.82, 2.24) is 0 Å². The molecule has 0 spiro atoms. The number of Topliss-reactive ketones (excluding diaryl/α,β-unsaturated/α-hetero) is 2. The lowest BCUT2D eigenvalue weighted by molar-refractivity contribution is 0.103. The van der Waals surface area contributed by atoms with Crippen LogP contribution in [0.3, 0.4) is 0 Å². The highest BCUT2D eigenvalue weighted by molar-refractivity contribution is 6.52. The zero-order valence-corrected chi connectivity index (χ0v) is 19.3. The first-order chi connectivity index (χ1) is 17.6. The van der Waals surface area contributed by atoms with Crippen LogP contribution >= 0.6 is 0 Å². The molecule has 0 heterocycles. The third-order valence-electron chi connectivity index (χ3n) is 6.62. The average molecular weight is 465 g/mol. The Kier molecular flexibility index (Phi) is 5.24. The van der Waals surface area contributed by atoms with E-state index < -0.39 is 0 Å². The van der Waals surface area contributed by atoms with Gasteiger partial charge in [-0.25, -0.2) is 0 Å². The van der Waals surface area contributed by atoms with Gasteiger partial charge in [0, 0.05) is 39.0 Å². The van der Waals surface area contributed by atoms with Gasteiger partial charge in [-0.15, -0.1) is 0 Å². The molecule has 0 bridgehead atoms. The summed E-state index contributed by atoms with van der Waals surface area (Å²) in [5.41, 5.74) is 3.73. The van der Waals surface area contributed by atoms with Crippen molar-refractivity contribution < 1.29 is 14.4 Å². The lowest BCUT2D eigenvalue weighted by Crippen LogP contribution is -2.11. The fourth-order valence-corrected chi connectivity index (χ4v) is 4.97. The number of carbonyl (C=O) groups excluding carboxylic acids is 3. The molecule has 0 saturated heterocycles. The van der Waals surface area contributed by atoms with Gasteiger partial charge in [-0.1, -0.05) is 115 Å². The van der Waals surface area contributed by atoms with Crippen LogP contribution in [0.15, 0.2) is 121 Å². The number of carbonyl (C=O) groups is 3. The highest BCUT2D eigenvalue weighted by Gasteiger charge is 2.36. The van der Waals surface area contributed by atoms with Gasteiger partial charge >= 0.3 is 0 Å². The van der Waals surface area contributed by atoms with E-state index in [1.165, 1.54) is 0 Å². The van der Waals surface area contributed by atoms with Crippen LogP contribution in [0.5, 0.6) is 0 Å². The molecule has 0 saturated carbocycles. The van der Waals surface area contributed by atoms with Crippen molar-refractivity contribution in [3.63, 3.8) is 0 Å². The second kappa shape index (κ2) is 8.71. The van der Waals surface area contributed by atoms with Crippen molar-refractivity contribution in [2.75, 3.05) is 0 Å². The second-order valence-electron chi connectivity index (χ2n) is 8.73. The zero-order valence-electron chi connectivity index (χ0n) is 19.3. The van der Waals surface area contributed by atoms with Crippen LogP contribution in [-0.4, -0.2) is 17.3 Å². The number of benzene rings is 5. The first-order valence-corrected chi connectivity index (χ1v) is 11.7. The summed E-state index contributed by atoms with van der Waals surface area (Å²) in [5, 5.41) is 1.64. The van der Waals surface area contributed by atoms with Gasteiger partial charge in [0.1, 0.15) is 0 Å². The molecule has 0 atom stereocenters. The topological polar surface area (TPSA) is 51.2 Å². The Morgan fingerprint density at radius 1 is 0.417 bits per heavy atom. The summed E-state index contributed by atoms with van der Waals surface area (Å²) in [6, 6.07) is 36.2. The molecule has 36 heavy (non-hydrogen) atoms. The fraction of sp³-hybridized carbons (Fsp3) is 0. The van der Waals surface area contributed by atoms with E-state index in [0.29, 0.717) is 39.0 Å². The minimum atomic E-state index is -0.277. The molecule has 5 aromatic carbocycles. The third kappa shape index (κ3) is 3.41. The first kappa shape index (κ1) is 21.6. The Morgan fingerprint density at radius 2 is 0.917 bits per heavy atom. The number of hydrogen-bond acceptors (Lipinski definition) is 3. The van der Waals surface area contributed by atoms with E-state index in [1.807, 2.05) is 54.6 Å². The predicted octanol–water partition coefficient (Wildman–Crippen LogP) is 7.06. The van der Waals surface area contributed by atoms with Crippen LogP contribution in [0.2, 0.25) is 0 Å². The zero-order chi connectivity index (χ0) is 24.6. The van der Waals surface area contributed by atoms with E-state index in [0.717, 1.165) is 10.8 Å². The molecule has 0 amide bonds. The van der Waals surface area contributed by atoms with Crippen LogP contribution in [0.25, 0.3) is 21.9 Å². The molecule has 3 heteroatoms. The molecule has 1 aliphatic carbocycles. The van der Waals surface area contributed by atoms with E-state index in [9.17, 15) is 14.4 Å². The summed E-state index contributed by atoms with van der Waals surface area (Å²) in [4.78, 5) is 41.8. The first-order valence-electron chi connectivity index (χ1n) is 11.7. The van der Waals surface area contributed by atoms with Gasteiger partial charge in [0.25, 0.3) is 0 Å². The van der Waals surface area contributed by atoms with Crippen molar-refractivity contribution in [3.8, 4) is 0 Å². The fourth-order valence-electron chi connectivity index (χ4n) is 4.97. The quantitative estimate of drug-likeness (QED) is 0.253. The molecule has 6 rings (SSSR count). The monoisotopic (exact) mass is 464 g/mol. The summed E-state index contributed by atoms with van der Waals surface area (Å²) in [7, 11) is 0. The average Bonchev–Trinajstić information content (AvgIpc) is 3.30. The second-order valence-corrected chi connectivity index (χ2v) is 8.73. The van der Waals surface area contributed by atoms with Crippen molar-refractivity contribution in [3.05, 3.63) is 155 Å². The normalized spacial score (nSPS) is 12.1. The summed E-state index contributed by atoms with van der Waals surface area (Å²) < 4.78 is 0. The van der Waals surface area contributed by atoms with Crippen molar-refractivity contribution in [2.45, 2.75) is 0 Å². The minimum absolute atomic E-state index is 0.186. The van der Waals surface area contributed by atoms with Crippen molar-refractivity contribution in [2.24, 2.45) is 0 Å². The maximum atomic E-state index is 14.1. The molecular weight excluding hydrogens is 444 g/mol. The Hall–Kier alpha value is -4.89. The molecular formula is C33H20O3. The Morgan fingerprint density at radius 3 is 1.47 bits per heavy atom. The van der Waals surface area contributed by atoms with Gasteiger partial charge in [-0.05, 0) is 22.4 Å². The number of ketones is 3. The highest BCUT2D eigenvalue weighted by atomic mass is 16.1. The summed E-state index contributed by atoms with van der Waals surface area (Å²) in [5.74, 6) is -0.702. The molecule has 5 aromatic rings. The third-order valence-corrected chi connectivity index (χ3v) is 6.62. The van der Waals surface area contributed by atoms with E-state index in [2.05, 4.69) is 0 Å². The number of hydrogen-bond donors (Lipinski definition) is 0. The van der Waals surface area contributed by atoms with E-state index in [4.69, 9.17) is 0 Å². The molecule has 0 unspecified atom stereocenters. The minimum Gasteiger partial charge on any atom is -0.289 e. The van der Waals surface area contributed by atoms with Crippen LogP contribution in [0.1, 0.15) is 47.8 Å². The standard InChI is InChI=1S/C33H20O3/c34-31(22-11-4-1-5-12-22)26-20-19-21-17-10-18-25-27(21)28(26)30(33(36)24-15-8-3-9-16-24)29(25)32(35)23-13-6-2-7-14-23/h1-20H. The lowest BCUT2D eigenvalue weighted by atomic mass is 9.88. The molecule has 0 N–H and O–H groups in total. The van der Waals surface area contributed by atoms with E-state index in [1.54, 1.807) is 66.7 Å². The molecule has 0 radical (unpaired) electrons. The van der Waals surface area contributed by atoms with Gasteiger partial charge in [0.05, 0.1) is 0 Å². The molecule has 3 nitrogen and oxygen atoms in total. The summed E-state index contributed by atoms with van der Waals surface area (Å²) in [6.45, 7) is 0. The molecule has 0 aliphatic heterocycles. The number of allylic oxidation sites excluding steroid dienone is 2. The predicted molar refractivity (Wildman–Crippen MR) is 142 cm³/mol. The summed E-state index contributed by atoms with van der Waals surface area (Å²) >= 11 is 0. The van der Waals surface area contributed by atoms with Gasteiger partial charge in [-0.3, -0.25) is 14.4 Å². The SMILES string of the molecule is O=C(C1=C(C(=O)c2ccccc2)c2c(C(=O)c3ccccc3)ccc3cccc1c23)c1ccccc1. The largest absolute Gasteiger partial charge is 0.289 e. The Labute approximate surface area is 208 Å². The van der Waals surface area contributed by atoms with E-state index in [-0.39, 0.29) is 22.9 Å². The van der Waals surface area contributed by atoms with Gasteiger partial charge in [0.2, 0.25) is 0 Å². The molecule has 0 aromatic heterocycles. The Bertz CT molecular complexity index is 1700. The smallest absolute Gasteiger partial charge is 0.194 e. The molecule has 170 valence electrons. The van der Waals surface area contributed by atoms with Crippen molar-refractivity contribution in [1.29, 1.82) is 0 Å². The van der Waals surface area contributed by atoms with Crippen LogP contribution in [0, 0.1) is 0 Å². The number of rotatable bonds is 6.